The van der Waals surface area contributed by atoms with Crippen LogP contribution in [0.5, 0.6) is 0 Å². The van der Waals surface area contributed by atoms with Gasteiger partial charge in [-0.25, -0.2) is 0 Å². The molecule has 1 saturated carbocycles. The zero-order valence-corrected chi connectivity index (χ0v) is 13.2. The van der Waals surface area contributed by atoms with Crippen molar-refractivity contribution in [3.8, 4) is 0 Å². The molecule has 0 heterocycles. The molecule has 1 fully saturated rings. The van der Waals surface area contributed by atoms with Crippen LogP contribution in [-0.2, 0) is 0 Å². The maximum atomic E-state index is 9.29. The Hall–Kier alpha value is -0.650. The first-order chi connectivity index (χ1) is 9.13. The standard InChI is InChI=1S/C14H19BrN2OS/c15-12-9-10(14(16)19)5-6-13(12)17(7-8-18)11-3-1-2-4-11/h5-6,9,11,18H,1-4,7-8H2,(H2,16,19). The van der Waals surface area contributed by atoms with E-state index in [1.165, 1.54) is 25.7 Å². The molecule has 0 aliphatic heterocycles. The molecule has 0 radical (unpaired) electrons. The minimum absolute atomic E-state index is 0.167. The average molecular weight is 343 g/mol. The summed E-state index contributed by atoms with van der Waals surface area (Å²) < 4.78 is 0.984. The Labute approximate surface area is 127 Å². The number of hydrogen-bond acceptors (Lipinski definition) is 3. The van der Waals surface area contributed by atoms with Gasteiger partial charge in [-0.05, 0) is 47.0 Å². The third kappa shape index (κ3) is 3.46. The van der Waals surface area contributed by atoms with Crippen molar-refractivity contribution in [2.24, 2.45) is 5.73 Å². The van der Waals surface area contributed by atoms with E-state index in [1.54, 1.807) is 0 Å². The van der Waals surface area contributed by atoms with Gasteiger partial charge in [0, 0.05) is 22.6 Å². The van der Waals surface area contributed by atoms with Gasteiger partial charge in [0.15, 0.2) is 0 Å². The topological polar surface area (TPSA) is 49.5 Å². The fraction of sp³-hybridized carbons (Fsp3) is 0.500. The van der Waals surface area contributed by atoms with Crippen LogP contribution in [0.25, 0.3) is 0 Å². The van der Waals surface area contributed by atoms with Crippen molar-refractivity contribution in [1.29, 1.82) is 0 Å². The van der Waals surface area contributed by atoms with Gasteiger partial charge in [0.2, 0.25) is 0 Å². The lowest BCUT2D eigenvalue weighted by molar-refractivity contribution is 0.297. The predicted molar refractivity (Wildman–Crippen MR) is 86.7 cm³/mol. The summed E-state index contributed by atoms with van der Waals surface area (Å²) in [5.41, 5.74) is 7.62. The van der Waals surface area contributed by atoms with Gasteiger partial charge in [0.05, 0.1) is 12.3 Å². The molecule has 0 unspecified atom stereocenters. The molecule has 0 bridgehead atoms. The summed E-state index contributed by atoms with van der Waals surface area (Å²) in [4.78, 5) is 2.70. The number of benzene rings is 1. The van der Waals surface area contributed by atoms with Crippen LogP contribution in [-0.4, -0.2) is 29.3 Å². The average Bonchev–Trinajstić information content (AvgIpc) is 2.90. The molecular formula is C14H19BrN2OS. The maximum Gasteiger partial charge on any atom is 0.104 e. The monoisotopic (exact) mass is 342 g/mol. The summed E-state index contributed by atoms with van der Waals surface area (Å²) in [6, 6.07) is 6.46. The molecule has 0 aromatic heterocycles. The van der Waals surface area contributed by atoms with E-state index in [9.17, 15) is 5.11 Å². The van der Waals surface area contributed by atoms with E-state index >= 15 is 0 Å². The van der Waals surface area contributed by atoms with E-state index in [0.29, 0.717) is 17.6 Å². The van der Waals surface area contributed by atoms with Crippen molar-refractivity contribution in [3.05, 3.63) is 28.2 Å². The zero-order valence-electron chi connectivity index (χ0n) is 10.8. The molecule has 3 nitrogen and oxygen atoms in total. The van der Waals surface area contributed by atoms with Crippen LogP contribution >= 0.6 is 28.1 Å². The molecule has 19 heavy (non-hydrogen) atoms. The quantitative estimate of drug-likeness (QED) is 0.808. The number of halogens is 1. The number of hydrogen-bond donors (Lipinski definition) is 2. The molecule has 1 aliphatic rings. The Balaban J connectivity index is 2.28. The predicted octanol–water partition coefficient (Wildman–Crippen LogP) is 2.82. The highest BCUT2D eigenvalue weighted by molar-refractivity contribution is 9.10. The summed E-state index contributed by atoms with van der Waals surface area (Å²) in [6.07, 6.45) is 4.94. The highest BCUT2D eigenvalue weighted by Crippen LogP contribution is 2.33. The van der Waals surface area contributed by atoms with Crippen molar-refractivity contribution in [3.63, 3.8) is 0 Å². The van der Waals surface area contributed by atoms with E-state index in [4.69, 9.17) is 18.0 Å². The van der Waals surface area contributed by atoms with Gasteiger partial charge in [-0.3, -0.25) is 0 Å². The van der Waals surface area contributed by atoms with Crippen molar-refractivity contribution in [2.45, 2.75) is 31.7 Å². The Morgan fingerprint density at radius 1 is 1.42 bits per heavy atom. The van der Waals surface area contributed by atoms with Crippen molar-refractivity contribution < 1.29 is 5.11 Å². The first-order valence-electron chi connectivity index (χ1n) is 6.60. The number of nitrogens with two attached hydrogens (primary N) is 1. The zero-order chi connectivity index (χ0) is 13.8. The van der Waals surface area contributed by atoms with Crippen molar-refractivity contribution in [2.75, 3.05) is 18.1 Å². The van der Waals surface area contributed by atoms with Crippen LogP contribution in [0.3, 0.4) is 0 Å². The lowest BCUT2D eigenvalue weighted by Gasteiger charge is -2.31. The molecule has 104 valence electrons. The van der Waals surface area contributed by atoms with Crippen LogP contribution in [0.4, 0.5) is 5.69 Å². The number of aliphatic hydroxyl groups excluding tert-OH is 1. The third-order valence-corrected chi connectivity index (χ3v) is 4.52. The van der Waals surface area contributed by atoms with Gasteiger partial charge in [-0.2, -0.15) is 0 Å². The minimum Gasteiger partial charge on any atom is -0.395 e. The Bertz CT molecular complexity index is 461. The molecule has 0 saturated heterocycles. The van der Waals surface area contributed by atoms with E-state index in [0.717, 1.165) is 15.7 Å². The van der Waals surface area contributed by atoms with Crippen LogP contribution in [0, 0.1) is 0 Å². The van der Waals surface area contributed by atoms with Gasteiger partial charge >= 0.3 is 0 Å². The number of aliphatic hydroxyl groups is 1. The normalized spacial score (nSPS) is 15.7. The van der Waals surface area contributed by atoms with E-state index in [-0.39, 0.29) is 6.61 Å². The number of anilines is 1. The maximum absolute atomic E-state index is 9.29. The second-order valence-electron chi connectivity index (χ2n) is 4.89. The number of rotatable bonds is 5. The van der Waals surface area contributed by atoms with Gasteiger partial charge in [0.25, 0.3) is 0 Å². The van der Waals surface area contributed by atoms with Crippen LogP contribution < -0.4 is 10.6 Å². The fourth-order valence-corrected chi connectivity index (χ4v) is 3.45. The first-order valence-corrected chi connectivity index (χ1v) is 7.80. The van der Waals surface area contributed by atoms with E-state index in [1.807, 2.05) is 18.2 Å². The molecule has 1 aromatic rings. The third-order valence-electron chi connectivity index (χ3n) is 3.65. The van der Waals surface area contributed by atoms with E-state index < -0.39 is 0 Å². The van der Waals surface area contributed by atoms with Crippen LogP contribution in [0.1, 0.15) is 31.2 Å². The molecule has 0 spiro atoms. The molecule has 5 heteroatoms. The summed E-state index contributed by atoms with van der Waals surface area (Å²) in [6.45, 7) is 0.829. The Kier molecular flexibility index (Phi) is 5.19. The number of thiocarbonyl (C=S) groups is 1. The molecule has 0 amide bonds. The Morgan fingerprint density at radius 2 is 2.11 bits per heavy atom. The SMILES string of the molecule is NC(=S)c1ccc(N(CCO)C2CCCC2)c(Br)c1. The van der Waals surface area contributed by atoms with Gasteiger partial charge in [0.1, 0.15) is 4.99 Å². The molecule has 1 aliphatic carbocycles. The van der Waals surface area contributed by atoms with Crippen LogP contribution in [0.2, 0.25) is 0 Å². The highest BCUT2D eigenvalue weighted by Gasteiger charge is 2.23. The second kappa shape index (κ2) is 6.68. The van der Waals surface area contributed by atoms with Crippen LogP contribution in [0.15, 0.2) is 22.7 Å². The minimum atomic E-state index is 0.167. The summed E-state index contributed by atoms with van der Waals surface area (Å²) in [5, 5.41) is 9.29. The van der Waals surface area contributed by atoms with Crippen molar-refractivity contribution in [1.82, 2.24) is 0 Å². The molecule has 3 N–H and O–H groups in total. The van der Waals surface area contributed by atoms with Gasteiger partial charge in [-0.15, -0.1) is 0 Å². The molecule has 0 atom stereocenters. The van der Waals surface area contributed by atoms with E-state index in [2.05, 4.69) is 20.8 Å². The van der Waals surface area contributed by atoms with Gasteiger partial charge in [-0.1, -0.05) is 25.1 Å². The largest absolute Gasteiger partial charge is 0.395 e. The summed E-state index contributed by atoms with van der Waals surface area (Å²) >= 11 is 8.59. The summed E-state index contributed by atoms with van der Waals surface area (Å²) in [7, 11) is 0. The fourth-order valence-electron chi connectivity index (χ4n) is 2.72. The molecule has 2 rings (SSSR count). The van der Waals surface area contributed by atoms with Gasteiger partial charge < -0.3 is 15.7 Å². The highest BCUT2D eigenvalue weighted by atomic mass is 79.9. The number of nitrogens with zero attached hydrogens (tertiary/aromatic N) is 1. The lowest BCUT2D eigenvalue weighted by atomic mass is 10.1. The smallest absolute Gasteiger partial charge is 0.104 e. The second-order valence-corrected chi connectivity index (χ2v) is 6.18. The molecule has 1 aromatic carbocycles. The first kappa shape index (κ1) is 14.8. The summed E-state index contributed by atoms with van der Waals surface area (Å²) in [5.74, 6) is 0. The van der Waals surface area contributed by atoms with Crippen molar-refractivity contribution >= 4 is 38.8 Å². The Morgan fingerprint density at radius 3 is 2.63 bits per heavy atom. The lowest BCUT2D eigenvalue weighted by Crippen LogP contribution is -2.36. The molecular weight excluding hydrogens is 324 g/mol.